The van der Waals surface area contributed by atoms with Crippen LogP contribution in [0.25, 0.3) is 0 Å². The Bertz CT molecular complexity index is 775. The van der Waals surface area contributed by atoms with E-state index in [1.165, 1.54) is 10.7 Å². The number of carbonyl (C=O) groups is 1. The summed E-state index contributed by atoms with van der Waals surface area (Å²) in [4.78, 5) is 12.9. The second-order valence-electron chi connectivity index (χ2n) is 7.36. The minimum Gasteiger partial charge on any atom is -0.371 e. The summed E-state index contributed by atoms with van der Waals surface area (Å²) in [7, 11) is -3.56. The third-order valence-electron chi connectivity index (χ3n) is 5.62. The second kappa shape index (κ2) is 6.37. The molecule has 0 aromatic heterocycles. The first-order valence-corrected chi connectivity index (χ1v) is 10.4. The van der Waals surface area contributed by atoms with Gasteiger partial charge in [-0.25, -0.2) is 8.42 Å². The first-order chi connectivity index (χ1) is 11.9. The van der Waals surface area contributed by atoms with Gasteiger partial charge >= 0.3 is 0 Å². The number of hydrogen-bond donors (Lipinski definition) is 1. The topological polar surface area (TPSA) is 75.7 Å². The van der Waals surface area contributed by atoms with Gasteiger partial charge in [-0.05, 0) is 44.2 Å². The molecule has 1 saturated carbocycles. The SMILES string of the molecule is Cc1ccccc1S(=O)(=O)N1C[C@H]2C[C@H](C(=O)NC3CCC3)[C@@H](C1)O2. The maximum absolute atomic E-state index is 13.0. The number of rotatable bonds is 4. The summed E-state index contributed by atoms with van der Waals surface area (Å²) in [5.41, 5.74) is 0.737. The molecular formula is C18H24N2O4S. The van der Waals surface area contributed by atoms with Crippen LogP contribution in [0.5, 0.6) is 0 Å². The molecule has 1 aromatic carbocycles. The maximum Gasteiger partial charge on any atom is 0.243 e. The van der Waals surface area contributed by atoms with E-state index in [1.807, 2.05) is 6.07 Å². The van der Waals surface area contributed by atoms with E-state index in [1.54, 1.807) is 25.1 Å². The molecule has 1 N–H and O–H groups in total. The van der Waals surface area contributed by atoms with Gasteiger partial charge in [0.05, 0.1) is 23.0 Å². The van der Waals surface area contributed by atoms with Crippen LogP contribution in [-0.4, -0.2) is 50.0 Å². The summed E-state index contributed by atoms with van der Waals surface area (Å²) in [6, 6.07) is 7.31. The number of nitrogens with one attached hydrogen (secondary N) is 1. The maximum atomic E-state index is 13.0. The average Bonchev–Trinajstić information content (AvgIpc) is 2.85. The van der Waals surface area contributed by atoms with Crippen LogP contribution < -0.4 is 5.32 Å². The summed E-state index contributed by atoms with van der Waals surface area (Å²) < 4.78 is 33.4. The summed E-state index contributed by atoms with van der Waals surface area (Å²) >= 11 is 0. The lowest BCUT2D eigenvalue weighted by molar-refractivity contribution is -0.128. The lowest BCUT2D eigenvalue weighted by atomic mass is 9.91. The fraction of sp³-hybridized carbons (Fsp3) is 0.611. The molecule has 2 saturated heterocycles. The Morgan fingerprint density at radius 2 is 2.00 bits per heavy atom. The standard InChI is InChI=1S/C18H24N2O4S/c1-12-5-2-3-8-17(12)25(22,23)20-10-14-9-15(16(11-20)24-14)18(21)19-13-6-4-7-13/h2-3,5,8,13-16H,4,6-7,9-11H2,1H3,(H,19,21)/t14-,15+,16-/m1/s1. The molecule has 3 fully saturated rings. The van der Waals surface area contributed by atoms with Gasteiger partial charge in [0.15, 0.2) is 0 Å². The van der Waals surface area contributed by atoms with Crippen molar-refractivity contribution in [2.45, 2.75) is 55.8 Å². The Labute approximate surface area is 148 Å². The van der Waals surface area contributed by atoms with E-state index in [-0.39, 0.29) is 30.6 Å². The van der Waals surface area contributed by atoms with Gasteiger partial charge in [-0.2, -0.15) is 4.31 Å². The Morgan fingerprint density at radius 1 is 1.24 bits per heavy atom. The van der Waals surface area contributed by atoms with Crippen LogP contribution >= 0.6 is 0 Å². The molecule has 1 amide bonds. The van der Waals surface area contributed by atoms with Crippen molar-refractivity contribution in [1.29, 1.82) is 0 Å². The van der Waals surface area contributed by atoms with E-state index in [4.69, 9.17) is 4.74 Å². The monoisotopic (exact) mass is 364 g/mol. The fourth-order valence-electron chi connectivity index (χ4n) is 3.94. The van der Waals surface area contributed by atoms with Gasteiger partial charge in [0.2, 0.25) is 15.9 Å². The van der Waals surface area contributed by atoms with Crippen molar-refractivity contribution >= 4 is 15.9 Å². The lowest BCUT2D eigenvalue weighted by Crippen LogP contribution is -2.49. The van der Waals surface area contributed by atoms with Crippen LogP contribution in [0.2, 0.25) is 0 Å². The van der Waals surface area contributed by atoms with Gasteiger partial charge in [0.25, 0.3) is 0 Å². The molecule has 2 bridgehead atoms. The zero-order chi connectivity index (χ0) is 17.6. The number of morpholine rings is 1. The van der Waals surface area contributed by atoms with Crippen molar-refractivity contribution in [3.63, 3.8) is 0 Å². The Kier molecular flexibility index (Phi) is 4.33. The van der Waals surface area contributed by atoms with Crippen LogP contribution in [-0.2, 0) is 19.6 Å². The predicted octanol–water partition coefficient (Wildman–Crippen LogP) is 1.44. The largest absolute Gasteiger partial charge is 0.371 e. The fourth-order valence-corrected chi connectivity index (χ4v) is 5.65. The van der Waals surface area contributed by atoms with Crippen molar-refractivity contribution in [3.8, 4) is 0 Å². The molecule has 0 spiro atoms. The molecule has 1 aliphatic carbocycles. The van der Waals surface area contributed by atoms with Gasteiger partial charge in [0, 0.05) is 19.1 Å². The first-order valence-electron chi connectivity index (χ1n) is 8.97. The molecule has 0 unspecified atom stereocenters. The Morgan fingerprint density at radius 3 is 2.68 bits per heavy atom. The number of nitrogens with zero attached hydrogens (tertiary/aromatic N) is 1. The third kappa shape index (κ3) is 3.09. The smallest absolute Gasteiger partial charge is 0.243 e. The quantitative estimate of drug-likeness (QED) is 0.877. The zero-order valence-corrected chi connectivity index (χ0v) is 15.2. The Balaban J connectivity index is 1.50. The molecule has 25 heavy (non-hydrogen) atoms. The van der Waals surface area contributed by atoms with E-state index >= 15 is 0 Å². The van der Waals surface area contributed by atoms with Crippen molar-refractivity contribution in [3.05, 3.63) is 29.8 Å². The van der Waals surface area contributed by atoms with E-state index in [0.717, 1.165) is 18.4 Å². The van der Waals surface area contributed by atoms with E-state index < -0.39 is 10.0 Å². The third-order valence-corrected chi connectivity index (χ3v) is 7.62. The highest BCUT2D eigenvalue weighted by atomic mass is 32.2. The number of hydrogen-bond acceptors (Lipinski definition) is 4. The summed E-state index contributed by atoms with van der Waals surface area (Å²) in [6.07, 6.45) is 3.30. The number of fused-ring (bicyclic) bond motifs is 2. The first kappa shape index (κ1) is 17.0. The number of ether oxygens (including phenoxy) is 1. The van der Waals surface area contributed by atoms with Crippen LogP contribution in [0.3, 0.4) is 0 Å². The minimum absolute atomic E-state index is 0.0207. The van der Waals surface area contributed by atoms with Crippen LogP contribution in [0.4, 0.5) is 0 Å². The molecule has 2 aliphatic heterocycles. The van der Waals surface area contributed by atoms with Gasteiger partial charge in [-0.15, -0.1) is 0 Å². The summed E-state index contributed by atoms with van der Waals surface area (Å²) in [6.45, 7) is 2.37. The number of carbonyl (C=O) groups excluding carboxylic acids is 1. The number of amides is 1. The van der Waals surface area contributed by atoms with Crippen molar-refractivity contribution in [2.24, 2.45) is 5.92 Å². The molecule has 4 rings (SSSR count). The molecule has 7 heteroatoms. The van der Waals surface area contributed by atoms with Crippen LogP contribution in [0.15, 0.2) is 29.2 Å². The van der Waals surface area contributed by atoms with Gasteiger partial charge < -0.3 is 10.1 Å². The van der Waals surface area contributed by atoms with E-state index in [9.17, 15) is 13.2 Å². The average molecular weight is 364 g/mol. The number of benzene rings is 1. The molecular weight excluding hydrogens is 340 g/mol. The van der Waals surface area contributed by atoms with Gasteiger partial charge in [0.1, 0.15) is 0 Å². The van der Waals surface area contributed by atoms with Gasteiger partial charge in [-0.3, -0.25) is 4.79 Å². The molecule has 2 heterocycles. The highest BCUT2D eigenvalue weighted by Crippen LogP contribution is 2.35. The molecule has 6 nitrogen and oxygen atoms in total. The second-order valence-corrected chi connectivity index (χ2v) is 9.27. The summed E-state index contributed by atoms with van der Waals surface area (Å²) in [5, 5.41) is 3.08. The molecule has 136 valence electrons. The number of sulfonamides is 1. The van der Waals surface area contributed by atoms with Crippen LogP contribution in [0.1, 0.15) is 31.2 Å². The normalized spacial score (nSPS) is 30.0. The molecule has 1 aromatic rings. The highest BCUT2D eigenvalue weighted by molar-refractivity contribution is 7.89. The predicted molar refractivity (Wildman–Crippen MR) is 92.5 cm³/mol. The van der Waals surface area contributed by atoms with Gasteiger partial charge in [-0.1, -0.05) is 18.2 Å². The van der Waals surface area contributed by atoms with Crippen molar-refractivity contribution in [1.82, 2.24) is 9.62 Å². The molecule has 3 atom stereocenters. The van der Waals surface area contributed by atoms with Crippen molar-refractivity contribution in [2.75, 3.05) is 13.1 Å². The minimum atomic E-state index is -3.56. The number of aryl methyl sites for hydroxylation is 1. The highest BCUT2D eigenvalue weighted by Gasteiger charge is 2.48. The summed E-state index contributed by atoms with van der Waals surface area (Å²) in [5.74, 6) is -0.227. The lowest BCUT2D eigenvalue weighted by Gasteiger charge is -2.33. The van der Waals surface area contributed by atoms with E-state index in [0.29, 0.717) is 23.9 Å². The van der Waals surface area contributed by atoms with E-state index in [2.05, 4.69) is 5.32 Å². The van der Waals surface area contributed by atoms with Crippen LogP contribution in [0, 0.1) is 12.8 Å². The van der Waals surface area contributed by atoms with Crippen molar-refractivity contribution < 1.29 is 17.9 Å². The molecule has 3 aliphatic rings. The molecule has 0 radical (unpaired) electrons. The Hall–Kier alpha value is -1.44. The zero-order valence-electron chi connectivity index (χ0n) is 14.3.